The molecule has 0 aliphatic carbocycles. The van der Waals surface area contributed by atoms with Crippen LogP contribution in [0, 0.1) is 6.92 Å². The first-order valence-corrected chi connectivity index (χ1v) is 6.64. The number of aliphatic hydroxyl groups excluding tert-OH is 1. The van der Waals surface area contributed by atoms with Crippen molar-refractivity contribution in [2.75, 3.05) is 24.2 Å². The number of para-hydroxylation sites is 1. The van der Waals surface area contributed by atoms with Crippen LogP contribution in [0.5, 0.6) is 0 Å². The molecule has 102 valence electrons. The van der Waals surface area contributed by atoms with E-state index in [-0.39, 0.29) is 6.61 Å². The summed E-state index contributed by atoms with van der Waals surface area (Å²) in [7, 11) is 0. The highest BCUT2D eigenvalue weighted by Gasteiger charge is 2.12. The Morgan fingerprint density at radius 3 is 2.80 bits per heavy atom. The lowest BCUT2D eigenvalue weighted by molar-refractivity contribution is 0.311. The predicted octanol–water partition coefficient (Wildman–Crippen LogP) is 2.68. The third-order valence-corrected chi connectivity index (χ3v) is 3.48. The van der Waals surface area contributed by atoms with Crippen LogP contribution in [-0.4, -0.2) is 23.2 Å². The van der Waals surface area contributed by atoms with E-state index in [1.165, 1.54) is 0 Å². The van der Waals surface area contributed by atoms with Gasteiger partial charge in [-0.15, -0.1) is 0 Å². The van der Waals surface area contributed by atoms with Crippen LogP contribution in [0.25, 0.3) is 21.8 Å². The van der Waals surface area contributed by atoms with Gasteiger partial charge in [0.2, 0.25) is 0 Å². The summed E-state index contributed by atoms with van der Waals surface area (Å²) in [5, 5.41) is 14.3. The summed E-state index contributed by atoms with van der Waals surface area (Å²) >= 11 is 0. The van der Waals surface area contributed by atoms with Gasteiger partial charge in [-0.05, 0) is 24.6 Å². The summed E-state index contributed by atoms with van der Waals surface area (Å²) in [6, 6.07) is 11.8. The minimum atomic E-state index is 0.0733. The van der Waals surface area contributed by atoms with Crippen molar-refractivity contribution in [3.05, 3.63) is 42.0 Å². The van der Waals surface area contributed by atoms with E-state index in [9.17, 15) is 0 Å². The summed E-state index contributed by atoms with van der Waals surface area (Å²) < 4.78 is 0. The average Bonchev–Trinajstić information content (AvgIpc) is 2.48. The zero-order valence-electron chi connectivity index (χ0n) is 11.4. The Bertz CT molecular complexity index is 783. The number of nitrogens with two attached hydrogens (primary N) is 1. The molecule has 1 heterocycles. The van der Waals surface area contributed by atoms with E-state index in [0.29, 0.717) is 12.2 Å². The van der Waals surface area contributed by atoms with Crippen LogP contribution in [0.1, 0.15) is 5.56 Å². The van der Waals surface area contributed by atoms with Gasteiger partial charge < -0.3 is 16.2 Å². The normalized spacial score (nSPS) is 11.1. The number of hydrogen-bond donors (Lipinski definition) is 3. The number of aliphatic hydroxyl groups is 1. The molecule has 0 saturated heterocycles. The summed E-state index contributed by atoms with van der Waals surface area (Å²) in [4.78, 5) is 4.72. The molecule has 0 radical (unpaired) electrons. The standard InChI is InChI=1S/C16H17N3O/c1-10-6-7-12(17)14-15(10)19-13-5-3-2-4-11(13)16(14)18-8-9-20/h2-7,20H,8-9,17H2,1H3,(H,18,19). The zero-order valence-corrected chi connectivity index (χ0v) is 11.4. The van der Waals surface area contributed by atoms with Crippen LogP contribution >= 0.6 is 0 Å². The third-order valence-electron chi connectivity index (χ3n) is 3.48. The quantitative estimate of drug-likeness (QED) is 0.504. The molecule has 2 aromatic carbocycles. The number of fused-ring (bicyclic) bond motifs is 2. The molecule has 0 spiro atoms. The molecule has 4 nitrogen and oxygen atoms in total. The van der Waals surface area contributed by atoms with Gasteiger partial charge in [-0.1, -0.05) is 24.3 Å². The number of anilines is 2. The highest BCUT2D eigenvalue weighted by Crippen LogP contribution is 2.35. The second-order valence-corrected chi connectivity index (χ2v) is 4.85. The monoisotopic (exact) mass is 267 g/mol. The number of benzene rings is 2. The Balaban J connectivity index is 2.44. The first-order valence-electron chi connectivity index (χ1n) is 6.64. The van der Waals surface area contributed by atoms with Gasteiger partial charge in [0.25, 0.3) is 0 Å². The number of aromatic nitrogens is 1. The third kappa shape index (κ3) is 1.94. The molecule has 0 bridgehead atoms. The fourth-order valence-electron chi connectivity index (χ4n) is 2.52. The molecular formula is C16H17N3O. The molecule has 0 amide bonds. The first-order chi connectivity index (χ1) is 9.72. The van der Waals surface area contributed by atoms with Crippen molar-refractivity contribution in [3.63, 3.8) is 0 Å². The lowest BCUT2D eigenvalue weighted by atomic mass is 10.0. The van der Waals surface area contributed by atoms with Gasteiger partial charge in [0, 0.05) is 23.0 Å². The maximum Gasteiger partial charge on any atom is 0.0780 e. The van der Waals surface area contributed by atoms with E-state index in [1.807, 2.05) is 43.3 Å². The number of aryl methyl sites for hydroxylation is 1. The molecule has 1 aromatic heterocycles. The van der Waals surface area contributed by atoms with E-state index < -0.39 is 0 Å². The van der Waals surface area contributed by atoms with Crippen LogP contribution in [0.3, 0.4) is 0 Å². The number of nitrogen functional groups attached to an aromatic ring is 1. The van der Waals surface area contributed by atoms with Crippen LogP contribution in [-0.2, 0) is 0 Å². The first kappa shape index (κ1) is 12.7. The number of nitrogens with zero attached hydrogens (tertiary/aromatic N) is 1. The van der Waals surface area contributed by atoms with Gasteiger partial charge in [0.1, 0.15) is 0 Å². The topological polar surface area (TPSA) is 71.2 Å². The van der Waals surface area contributed by atoms with Crippen LogP contribution < -0.4 is 11.1 Å². The molecule has 3 aromatic rings. The highest BCUT2D eigenvalue weighted by atomic mass is 16.3. The molecule has 0 unspecified atom stereocenters. The van der Waals surface area contributed by atoms with E-state index >= 15 is 0 Å². The maximum absolute atomic E-state index is 9.09. The van der Waals surface area contributed by atoms with Crippen molar-refractivity contribution < 1.29 is 5.11 Å². The van der Waals surface area contributed by atoms with Crippen LogP contribution in [0.4, 0.5) is 11.4 Å². The van der Waals surface area contributed by atoms with Gasteiger partial charge in [-0.3, -0.25) is 0 Å². The number of rotatable bonds is 3. The molecular weight excluding hydrogens is 250 g/mol. The number of hydrogen-bond acceptors (Lipinski definition) is 4. The van der Waals surface area contributed by atoms with E-state index in [4.69, 9.17) is 15.8 Å². The molecule has 4 N–H and O–H groups in total. The molecule has 20 heavy (non-hydrogen) atoms. The van der Waals surface area contributed by atoms with Gasteiger partial charge in [-0.25, -0.2) is 4.98 Å². The van der Waals surface area contributed by atoms with Crippen molar-refractivity contribution in [2.45, 2.75) is 6.92 Å². The summed E-state index contributed by atoms with van der Waals surface area (Å²) in [5.41, 5.74) is 10.7. The molecule has 0 saturated carbocycles. The van der Waals surface area contributed by atoms with Crippen molar-refractivity contribution in [3.8, 4) is 0 Å². The second-order valence-electron chi connectivity index (χ2n) is 4.85. The minimum Gasteiger partial charge on any atom is -0.398 e. The molecule has 4 heteroatoms. The predicted molar refractivity (Wildman–Crippen MR) is 84.0 cm³/mol. The zero-order chi connectivity index (χ0) is 14.1. The SMILES string of the molecule is Cc1ccc(N)c2c(NCCO)c3ccccc3nc12. The van der Waals surface area contributed by atoms with Gasteiger partial charge in [-0.2, -0.15) is 0 Å². The number of nitrogens with one attached hydrogen (secondary N) is 1. The van der Waals surface area contributed by atoms with Crippen LogP contribution in [0.2, 0.25) is 0 Å². The second kappa shape index (κ2) is 4.98. The smallest absolute Gasteiger partial charge is 0.0780 e. The van der Waals surface area contributed by atoms with E-state index in [2.05, 4.69) is 5.32 Å². The Labute approximate surface area is 117 Å². The molecule has 3 rings (SSSR count). The largest absolute Gasteiger partial charge is 0.398 e. The Morgan fingerprint density at radius 2 is 2.00 bits per heavy atom. The Hall–Kier alpha value is -2.33. The molecule has 0 aliphatic rings. The van der Waals surface area contributed by atoms with Crippen LogP contribution in [0.15, 0.2) is 36.4 Å². The summed E-state index contributed by atoms with van der Waals surface area (Å²) in [5.74, 6) is 0. The fraction of sp³-hybridized carbons (Fsp3) is 0.188. The van der Waals surface area contributed by atoms with Crippen molar-refractivity contribution >= 4 is 33.2 Å². The number of pyridine rings is 1. The summed E-state index contributed by atoms with van der Waals surface area (Å²) in [6.45, 7) is 2.58. The molecule has 0 fully saturated rings. The Morgan fingerprint density at radius 1 is 1.20 bits per heavy atom. The van der Waals surface area contributed by atoms with Gasteiger partial charge in [0.05, 0.1) is 23.3 Å². The molecule has 0 aliphatic heterocycles. The fourth-order valence-corrected chi connectivity index (χ4v) is 2.52. The van der Waals surface area contributed by atoms with Crippen molar-refractivity contribution in [1.29, 1.82) is 0 Å². The van der Waals surface area contributed by atoms with Gasteiger partial charge in [0.15, 0.2) is 0 Å². The van der Waals surface area contributed by atoms with Crippen molar-refractivity contribution in [1.82, 2.24) is 4.98 Å². The highest BCUT2D eigenvalue weighted by molar-refractivity contribution is 6.12. The maximum atomic E-state index is 9.09. The minimum absolute atomic E-state index is 0.0733. The van der Waals surface area contributed by atoms with E-state index in [1.54, 1.807) is 0 Å². The summed E-state index contributed by atoms with van der Waals surface area (Å²) in [6.07, 6.45) is 0. The lowest BCUT2D eigenvalue weighted by Crippen LogP contribution is -2.08. The Kier molecular flexibility index (Phi) is 3.16. The van der Waals surface area contributed by atoms with Crippen molar-refractivity contribution in [2.24, 2.45) is 0 Å². The van der Waals surface area contributed by atoms with Gasteiger partial charge >= 0.3 is 0 Å². The molecule has 0 atom stereocenters. The average molecular weight is 267 g/mol. The lowest BCUT2D eigenvalue weighted by Gasteiger charge is -2.15. The van der Waals surface area contributed by atoms with E-state index in [0.717, 1.165) is 33.1 Å².